The van der Waals surface area contributed by atoms with Crippen molar-refractivity contribution in [3.05, 3.63) is 60.7 Å². The minimum Gasteiger partial charge on any atom is -0.463 e. The van der Waals surface area contributed by atoms with Gasteiger partial charge in [0, 0.05) is 13.5 Å². The van der Waals surface area contributed by atoms with Gasteiger partial charge in [-0.25, -0.2) is 0 Å². The van der Waals surface area contributed by atoms with E-state index in [0.717, 1.165) is 0 Å². The van der Waals surface area contributed by atoms with Crippen molar-refractivity contribution in [3.63, 3.8) is 0 Å². The van der Waals surface area contributed by atoms with Crippen LogP contribution >= 0.6 is 0 Å². The number of hydrogen-bond donors (Lipinski definition) is 1. The van der Waals surface area contributed by atoms with Crippen LogP contribution in [0.25, 0.3) is 0 Å². The number of benzene rings is 2. The standard InChI is InChI=1S/C24H34O4Si/c1-19(16-21(26)18-27-20(2)25)17-28-29(24(3,4)5,22-12-8-6-9-13-22)23-14-10-7-11-15-23/h6-15,19,21,26H,16-18H2,1-5H3/t19-,21+/m0/s1. The van der Waals surface area contributed by atoms with Gasteiger partial charge in [0.2, 0.25) is 0 Å². The lowest BCUT2D eigenvalue weighted by Crippen LogP contribution is -2.66. The van der Waals surface area contributed by atoms with Gasteiger partial charge in [-0.3, -0.25) is 4.79 Å². The summed E-state index contributed by atoms with van der Waals surface area (Å²) in [5.41, 5.74) is 0. The van der Waals surface area contributed by atoms with Crippen molar-refractivity contribution in [1.82, 2.24) is 0 Å². The summed E-state index contributed by atoms with van der Waals surface area (Å²) in [7, 11) is -2.57. The molecule has 0 unspecified atom stereocenters. The molecule has 0 heterocycles. The van der Waals surface area contributed by atoms with Crippen LogP contribution in [0.1, 0.15) is 41.0 Å². The van der Waals surface area contributed by atoms with Gasteiger partial charge in [-0.2, -0.15) is 0 Å². The van der Waals surface area contributed by atoms with E-state index >= 15 is 0 Å². The lowest BCUT2D eigenvalue weighted by atomic mass is 10.1. The Kier molecular flexibility index (Phi) is 8.20. The highest BCUT2D eigenvalue weighted by atomic mass is 28.4. The fourth-order valence-electron chi connectivity index (χ4n) is 3.84. The molecule has 0 spiro atoms. The van der Waals surface area contributed by atoms with Crippen molar-refractivity contribution in [3.8, 4) is 0 Å². The molecule has 0 aliphatic heterocycles. The summed E-state index contributed by atoms with van der Waals surface area (Å²) in [5.74, 6) is -0.248. The summed E-state index contributed by atoms with van der Waals surface area (Å²) in [4.78, 5) is 11.0. The van der Waals surface area contributed by atoms with Gasteiger partial charge in [0.25, 0.3) is 8.32 Å². The summed E-state index contributed by atoms with van der Waals surface area (Å²) in [6.07, 6.45) is -0.164. The van der Waals surface area contributed by atoms with Crippen LogP contribution in [0.15, 0.2) is 60.7 Å². The molecule has 0 bridgehead atoms. The molecule has 2 atom stereocenters. The third kappa shape index (κ3) is 6.01. The van der Waals surface area contributed by atoms with Crippen LogP contribution in [0.4, 0.5) is 0 Å². The van der Waals surface area contributed by atoms with E-state index in [4.69, 9.17) is 9.16 Å². The lowest BCUT2D eigenvalue weighted by molar-refractivity contribution is -0.144. The molecule has 2 aromatic rings. The predicted molar refractivity (Wildman–Crippen MR) is 120 cm³/mol. The maximum absolute atomic E-state index is 11.0. The third-order valence-corrected chi connectivity index (χ3v) is 10.2. The van der Waals surface area contributed by atoms with Crippen molar-refractivity contribution in [1.29, 1.82) is 0 Å². The second-order valence-electron chi connectivity index (χ2n) is 8.77. The summed E-state index contributed by atoms with van der Waals surface area (Å²) in [6.45, 7) is 10.7. The first-order valence-electron chi connectivity index (χ1n) is 10.2. The Balaban J connectivity index is 2.28. The molecule has 158 valence electrons. The first-order valence-corrected chi connectivity index (χ1v) is 12.1. The average molecular weight is 415 g/mol. The highest BCUT2D eigenvalue weighted by Crippen LogP contribution is 2.37. The zero-order chi connectivity index (χ0) is 21.5. The molecule has 0 aliphatic carbocycles. The van der Waals surface area contributed by atoms with Crippen molar-refractivity contribution in [2.24, 2.45) is 5.92 Å². The number of aliphatic hydroxyl groups excluding tert-OH is 1. The van der Waals surface area contributed by atoms with E-state index < -0.39 is 14.4 Å². The van der Waals surface area contributed by atoms with Gasteiger partial charge in [0.1, 0.15) is 6.61 Å². The quantitative estimate of drug-likeness (QED) is 0.504. The Morgan fingerprint density at radius 3 is 1.86 bits per heavy atom. The Labute approximate surface area is 176 Å². The largest absolute Gasteiger partial charge is 0.463 e. The lowest BCUT2D eigenvalue weighted by Gasteiger charge is -2.43. The zero-order valence-electron chi connectivity index (χ0n) is 18.2. The Bertz CT molecular complexity index is 716. The normalized spacial score (nSPS) is 14.3. The molecule has 1 N–H and O–H groups in total. The van der Waals surface area contributed by atoms with Gasteiger partial charge in [-0.05, 0) is 27.8 Å². The molecule has 0 aromatic heterocycles. The topological polar surface area (TPSA) is 55.8 Å². The van der Waals surface area contributed by atoms with Gasteiger partial charge in [0.15, 0.2) is 0 Å². The highest BCUT2D eigenvalue weighted by Gasteiger charge is 2.50. The maximum atomic E-state index is 11.0. The summed E-state index contributed by atoms with van der Waals surface area (Å²) >= 11 is 0. The van der Waals surface area contributed by atoms with Crippen LogP contribution in [-0.4, -0.2) is 38.7 Å². The zero-order valence-corrected chi connectivity index (χ0v) is 19.2. The van der Waals surface area contributed by atoms with E-state index in [1.165, 1.54) is 17.3 Å². The molecule has 2 rings (SSSR count). The Hall–Kier alpha value is -1.95. The number of hydrogen-bond acceptors (Lipinski definition) is 4. The molecule has 2 aromatic carbocycles. The number of carbonyl (C=O) groups is 1. The molecule has 0 amide bonds. The molecule has 0 radical (unpaired) electrons. The van der Waals surface area contributed by atoms with Crippen molar-refractivity contribution in [2.75, 3.05) is 13.2 Å². The average Bonchev–Trinajstić information content (AvgIpc) is 2.67. The van der Waals surface area contributed by atoms with Crippen molar-refractivity contribution >= 4 is 24.7 Å². The molecule has 0 fully saturated rings. The van der Waals surface area contributed by atoms with Crippen LogP contribution in [0.5, 0.6) is 0 Å². The van der Waals surface area contributed by atoms with Crippen molar-refractivity contribution in [2.45, 2.75) is 52.2 Å². The van der Waals surface area contributed by atoms with E-state index in [0.29, 0.717) is 13.0 Å². The van der Waals surface area contributed by atoms with Crippen LogP contribution < -0.4 is 10.4 Å². The third-order valence-electron chi connectivity index (χ3n) is 5.15. The fourth-order valence-corrected chi connectivity index (χ4v) is 8.53. The van der Waals surface area contributed by atoms with E-state index in [1.807, 2.05) is 12.1 Å². The van der Waals surface area contributed by atoms with Gasteiger partial charge < -0.3 is 14.3 Å². The van der Waals surface area contributed by atoms with E-state index in [2.05, 4.69) is 76.2 Å². The molecular formula is C24H34O4Si. The summed E-state index contributed by atoms with van der Waals surface area (Å²) in [6, 6.07) is 21.0. The second kappa shape index (κ2) is 10.2. The van der Waals surface area contributed by atoms with Gasteiger partial charge in [-0.1, -0.05) is 88.4 Å². The monoisotopic (exact) mass is 414 g/mol. The molecule has 0 saturated carbocycles. The number of ether oxygens (including phenoxy) is 1. The predicted octanol–water partition coefficient (Wildman–Crippen LogP) is 3.51. The highest BCUT2D eigenvalue weighted by molar-refractivity contribution is 6.99. The van der Waals surface area contributed by atoms with Gasteiger partial charge in [-0.15, -0.1) is 0 Å². The molecule has 5 heteroatoms. The first-order chi connectivity index (χ1) is 13.7. The molecule has 0 saturated heterocycles. The summed E-state index contributed by atoms with van der Waals surface area (Å²) in [5, 5.41) is 12.6. The Morgan fingerprint density at radius 1 is 0.966 bits per heavy atom. The smallest absolute Gasteiger partial charge is 0.302 e. The van der Waals surface area contributed by atoms with E-state index in [-0.39, 0.29) is 23.5 Å². The molecular weight excluding hydrogens is 380 g/mol. The Morgan fingerprint density at radius 2 is 1.45 bits per heavy atom. The fraction of sp³-hybridized carbons (Fsp3) is 0.458. The maximum Gasteiger partial charge on any atom is 0.302 e. The minimum absolute atomic E-state index is 0.0267. The minimum atomic E-state index is -2.57. The first kappa shape index (κ1) is 23.3. The van der Waals surface area contributed by atoms with Crippen LogP contribution in [0.3, 0.4) is 0 Å². The number of aliphatic hydroxyl groups is 1. The van der Waals surface area contributed by atoms with Crippen LogP contribution in [-0.2, 0) is 14.0 Å². The van der Waals surface area contributed by atoms with E-state index in [9.17, 15) is 9.90 Å². The molecule has 4 nitrogen and oxygen atoms in total. The SMILES string of the molecule is CC(=O)OC[C@H](O)C[C@H](C)CO[Si](c1ccccc1)(c1ccccc1)C(C)(C)C. The van der Waals surface area contributed by atoms with Crippen LogP contribution in [0.2, 0.25) is 5.04 Å². The summed E-state index contributed by atoms with van der Waals surface area (Å²) < 4.78 is 11.8. The van der Waals surface area contributed by atoms with Gasteiger partial charge in [0.05, 0.1) is 6.10 Å². The molecule has 29 heavy (non-hydrogen) atoms. The van der Waals surface area contributed by atoms with Gasteiger partial charge >= 0.3 is 5.97 Å². The second-order valence-corrected chi connectivity index (χ2v) is 13.1. The number of carbonyl (C=O) groups excluding carboxylic acids is 1. The number of rotatable bonds is 9. The number of esters is 1. The van der Waals surface area contributed by atoms with Crippen LogP contribution in [0, 0.1) is 5.92 Å². The molecule has 0 aliphatic rings. The van der Waals surface area contributed by atoms with E-state index in [1.54, 1.807) is 0 Å². The van der Waals surface area contributed by atoms with Crippen molar-refractivity contribution < 1.29 is 19.1 Å².